The highest BCUT2D eigenvalue weighted by molar-refractivity contribution is 6.10. The summed E-state index contributed by atoms with van der Waals surface area (Å²) in [5.41, 5.74) is 4.60. The zero-order valence-corrected chi connectivity index (χ0v) is 18.8. The number of amides is 4. The Labute approximate surface area is 188 Å². The van der Waals surface area contributed by atoms with Crippen molar-refractivity contribution in [2.75, 3.05) is 11.9 Å². The monoisotopic (exact) mass is 431 g/mol. The predicted octanol–water partition coefficient (Wildman–Crippen LogP) is 4.33. The van der Waals surface area contributed by atoms with Crippen LogP contribution in [0.1, 0.15) is 51.2 Å². The lowest BCUT2D eigenvalue weighted by Gasteiger charge is -2.43. The van der Waals surface area contributed by atoms with Crippen LogP contribution < -0.4 is 10.6 Å². The highest BCUT2D eigenvalue weighted by atomic mass is 16.2. The molecule has 2 N–H and O–H groups in total. The van der Waals surface area contributed by atoms with Crippen molar-refractivity contribution in [2.45, 2.75) is 52.0 Å². The molecule has 6 nitrogen and oxygen atoms in total. The van der Waals surface area contributed by atoms with Crippen LogP contribution in [-0.2, 0) is 16.0 Å². The third kappa shape index (κ3) is 3.48. The second-order valence-corrected chi connectivity index (χ2v) is 10.5. The lowest BCUT2D eigenvalue weighted by atomic mass is 9.64. The van der Waals surface area contributed by atoms with Crippen LogP contribution in [0.5, 0.6) is 0 Å². The average molecular weight is 432 g/mol. The maximum absolute atomic E-state index is 13.3. The molecule has 4 amide bonds. The highest BCUT2D eigenvalue weighted by Gasteiger charge is 2.56. The lowest BCUT2D eigenvalue weighted by Crippen LogP contribution is -2.54. The molecule has 2 aliphatic carbocycles. The number of nitrogens with one attached hydrogen (secondary N) is 2. The van der Waals surface area contributed by atoms with E-state index in [9.17, 15) is 14.4 Å². The summed E-state index contributed by atoms with van der Waals surface area (Å²) in [7, 11) is 0. The molecule has 166 valence electrons. The molecule has 2 atom stereocenters. The van der Waals surface area contributed by atoms with Gasteiger partial charge in [-0.25, -0.2) is 4.79 Å². The van der Waals surface area contributed by atoms with Crippen LogP contribution in [0.15, 0.2) is 42.5 Å². The van der Waals surface area contributed by atoms with Crippen LogP contribution in [0.3, 0.4) is 0 Å². The number of benzene rings is 2. The Hall–Kier alpha value is -3.15. The minimum atomic E-state index is -0.891. The summed E-state index contributed by atoms with van der Waals surface area (Å²) in [5, 5.41) is 5.80. The van der Waals surface area contributed by atoms with Crippen molar-refractivity contribution in [3.8, 4) is 11.1 Å². The highest BCUT2D eigenvalue weighted by Crippen LogP contribution is 2.46. The summed E-state index contributed by atoms with van der Waals surface area (Å²) in [4.78, 5) is 39.7. The first-order chi connectivity index (χ1) is 15.2. The molecule has 5 rings (SSSR count). The molecule has 0 bridgehead atoms. The molecule has 2 fully saturated rings. The van der Waals surface area contributed by atoms with E-state index in [4.69, 9.17) is 0 Å². The summed E-state index contributed by atoms with van der Waals surface area (Å²) >= 11 is 0. The molecule has 2 unspecified atom stereocenters. The Morgan fingerprint density at radius 3 is 2.62 bits per heavy atom. The second-order valence-electron chi connectivity index (χ2n) is 10.5. The molecule has 32 heavy (non-hydrogen) atoms. The van der Waals surface area contributed by atoms with Crippen molar-refractivity contribution in [1.29, 1.82) is 0 Å². The van der Waals surface area contributed by atoms with E-state index < -0.39 is 11.6 Å². The number of hydrogen-bond donors (Lipinski definition) is 2. The van der Waals surface area contributed by atoms with E-state index in [1.165, 1.54) is 16.7 Å². The summed E-state index contributed by atoms with van der Waals surface area (Å²) in [6.07, 6.45) is 3.06. The van der Waals surface area contributed by atoms with Gasteiger partial charge < -0.3 is 10.6 Å². The van der Waals surface area contributed by atoms with E-state index in [1.54, 1.807) is 0 Å². The van der Waals surface area contributed by atoms with Gasteiger partial charge in [0.05, 0.1) is 0 Å². The van der Waals surface area contributed by atoms with E-state index in [0.29, 0.717) is 24.4 Å². The second kappa shape index (κ2) is 7.19. The first kappa shape index (κ1) is 20.7. The summed E-state index contributed by atoms with van der Waals surface area (Å²) in [5.74, 6) is -0.321. The van der Waals surface area contributed by atoms with Crippen molar-refractivity contribution >= 4 is 23.5 Å². The molecular formula is C26H29N3O3. The van der Waals surface area contributed by atoms with Gasteiger partial charge in [0.2, 0.25) is 5.91 Å². The van der Waals surface area contributed by atoms with Gasteiger partial charge in [-0.2, -0.15) is 0 Å². The molecule has 1 saturated carbocycles. The lowest BCUT2D eigenvalue weighted by molar-refractivity contribution is -0.136. The molecule has 3 aliphatic rings. The molecule has 1 spiro atoms. The number of nitrogens with zero attached hydrogens (tertiary/aromatic N) is 1. The smallest absolute Gasteiger partial charge is 0.325 e. The zero-order valence-electron chi connectivity index (χ0n) is 18.8. The van der Waals surface area contributed by atoms with Crippen LogP contribution in [0.25, 0.3) is 11.1 Å². The summed E-state index contributed by atoms with van der Waals surface area (Å²) in [6, 6.07) is 13.7. The number of carbonyl (C=O) groups is 3. The van der Waals surface area contributed by atoms with E-state index in [1.807, 2.05) is 30.3 Å². The van der Waals surface area contributed by atoms with Gasteiger partial charge in [-0.15, -0.1) is 0 Å². The Morgan fingerprint density at radius 1 is 1.09 bits per heavy atom. The van der Waals surface area contributed by atoms with E-state index >= 15 is 0 Å². The number of anilines is 1. The van der Waals surface area contributed by atoms with Crippen LogP contribution in [-0.4, -0.2) is 34.8 Å². The first-order valence-electron chi connectivity index (χ1n) is 11.3. The van der Waals surface area contributed by atoms with Crippen molar-refractivity contribution in [3.63, 3.8) is 0 Å². The van der Waals surface area contributed by atoms with Gasteiger partial charge in [0.1, 0.15) is 12.1 Å². The first-order valence-corrected chi connectivity index (χ1v) is 11.3. The van der Waals surface area contributed by atoms with Gasteiger partial charge in [0, 0.05) is 5.69 Å². The number of fused-ring (bicyclic) bond motifs is 3. The number of imide groups is 1. The fourth-order valence-corrected chi connectivity index (χ4v) is 6.22. The SMILES string of the molecule is CC1CC(C)(C)CC2(C1)NC(=O)N(CC(=O)Nc1ccc3c(c1)Cc1ccccc1-3)C2=O. The van der Waals surface area contributed by atoms with Crippen LogP contribution in [0, 0.1) is 11.3 Å². The Bertz CT molecular complexity index is 1140. The normalized spacial score (nSPS) is 25.5. The Balaban J connectivity index is 1.28. The van der Waals surface area contributed by atoms with Gasteiger partial charge in [-0.1, -0.05) is 51.1 Å². The Kier molecular flexibility index (Phi) is 4.66. The summed E-state index contributed by atoms with van der Waals surface area (Å²) < 4.78 is 0. The molecule has 1 heterocycles. The third-order valence-electron chi connectivity index (χ3n) is 7.00. The number of rotatable bonds is 3. The van der Waals surface area contributed by atoms with Crippen LogP contribution in [0.4, 0.5) is 10.5 Å². The quantitative estimate of drug-likeness (QED) is 0.606. The standard InChI is InChI=1S/C26H29N3O3/c1-16-12-25(2,3)15-26(13-16)23(31)29(24(32)28-26)14-22(30)27-19-8-9-21-18(11-19)10-17-6-4-5-7-20(17)21/h4-9,11,16H,10,12-15H2,1-3H3,(H,27,30)(H,28,32). The largest absolute Gasteiger partial charge is 0.325 e. The fraction of sp³-hybridized carbons (Fsp3) is 0.423. The van der Waals surface area contributed by atoms with Gasteiger partial charge in [-0.3, -0.25) is 14.5 Å². The molecule has 1 aliphatic heterocycles. The van der Waals surface area contributed by atoms with Gasteiger partial charge in [-0.05, 0) is 71.4 Å². The maximum Gasteiger partial charge on any atom is 0.325 e. The van der Waals surface area contributed by atoms with E-state index in [0.717, 1.165) is 23.3 Å². The van der Waals surface area contributed by atoms with Gasteiger partial charge in [0.15, 0.2) is 0 Å². The minimum Gasteiger partial charge on any atom is -0.325 e. The number of carbonyl (C=O) groups excluding carboxylic acids is 3. The minimum absolute atomic E-state index is 0.0408. The number of hydrogen-bond acceptors (Lipinski definition) is 3. The van der Waals surface area contributed by atoms with E-state index in [-0.39, 0.29) is 23.8 Å². The fourth-order valence-electron chi connectivity index (χ4n) is 6.22. The van der Waals surface area contributed by atoms with Crippen LogP contribution in [0.2, 0.25) is 0 Å². The maximum atomic E-state index is 13.3. The Morgan fingerprint density at radius 2 is 1.84 bits per heavy atom. The third-order valence-corrected chi connectivity index (χ3v) is 7.00. The average Bonchev–Trinajstić information content (AvgIpc) is 3.16. The molecule has 6 heteroatoms. The van der Waals surface area contributed by atoms with Crippen molar-refractivity contribution in [2.24, 2.45) is 11.3 Å². The molecule has 0 aromatic heterocycles. The summed E-state index contributed by atoms with van der Waals surface area (Å²) in [6.45, 7) is 6.10. The molecular weight excluding hydrogens is 402 g/mol. The molecule has 0 radical (unpaired) electrons. The van der Waals surface area contributed by atoms with Crippen molar-refractivity contribution in [1.82, 2.24) is 10.2 Å². The van der Waals surface area contributed by atoms with Crippen molar-refractivity contribution < 1.29 is 14.4 Å². The zero-order chi connectivity index (χ0) is 22.7. The predicted molar refractivity (Wildman–Crippen MR) is 123 cm³/mol. The topological polar surface area (TPSA) is 78.5 Å². The van der Waals surface area contributed by atoms with Crippen LogP contribution >= 0.6 is 0 Å². The number of urea groups is 1. The van der Waals surface area contributed by atoms with Crippen molar-refractivity contribution in [3.05, 3.63) is 53.6 Å². The van der Waals surface area contributed by atoms with Gasteiger partial charge >= 0.3 is 6.03 Å². The van der Waals surface area contributed by atoms with Gasteiger partial charge in [0.25, 0.3) is 5.91 Å². The van der Waals surface area contributed by atoms with E-state index in [2.05, 4.69) is 43.5 Å². The molecule has 2 aromatic carbocycles. The molecule has 2 aromatic rings. The molecule has 1 saturated heterocycles.